The average molecular weight is 546 g/mol. The van der Waals surface area contributed by atoms with Gasteiger partial charge in [0.1, 0.15) is 23.0 Å². The second-order valence-electron chi connectivity index (χ2n) is 8.94. The van der Waals surface area contributed by atoms with E-state index in [9.17, 15) is 14.7 Å². The van der Waals surface area contributed by atoms with Gasteiger partial charge in [0.05, 0.1) is 23.9 Å². The highest BCUT2D eigenvalue weighted by molar-refractivity contribution is 7.15. The van der Waals surface area contributed by atoms with Crippen LogP contribution in [0.2, 0.25) is 0 Å². The van der Waals surface area contributed by atoms with Crippen molar-refractivity contribution in [3.05, 3.63) is 82.3 Å². The van der Waals surface area contributed by atoms with Gasteiger partial charge in [0.15, 0.2) is 17.3 Å². The fourth-order valence-corrected chi connectivity index (χ4v) is 5.35. The second kappa shape index (κ2) is 10.3. The fourth-order valence-electron chi connectivity index (χ4n) is 4.63. The average Bonchev–Trinajstić information content (AvgIpc) is 3.58. The quantitative estimate of drug-likeness (QED) is 0.146. The predicted molar refractivity (Wildman–Crippen MR) is 147 cm³/mol. The molecule has 1 aliphatic rings. The number of carbonyl (C=O) groups is 2. The van der Waals surface area contributed by atoms with Crippen LogP contribution in [0, 0.1) is 20.8 Å². The van der Waals surface area contributed by atoms with Crippen LogP contribution in [0.4, 0.5) is 5.13 Å². The lowest BCUT2D eigenvalue weighted by Crippen LogP contribution is -2.29. The third-order valence-electron chi connectivity index (χ3n) is 6.41. The maximum atomic E-state index is 13.6. The van der Waals surface area contributed by atoms with Gasteiger partial charge in [0.2, 0.25) is 5.13 Å². The van der Waals surface area contributed by atoms with Crippen molar-refractivity contribution >= 4 is 39.6 Å². The first-order valence-corrected chi connectivity index (χ1v) is 13.1. The Morgan fingerprint density at radius 1 is 1.15 bits per heavy atom. The largest absolute Gasteiger partial charge is 0.505 e. The van der Waals surface area contributed by atoms with Crippen LogP contribution in [-0.4, -0.2) is 49.6 Å². The van der Waals surface area contributed by atoms with E-state index in [1.54, 1.807) is 38.1 Å². The van der Waals surface area contributed by atoms with Crippen LogP contribution >= 0.6 is 11.3 Å². The van der Waals surface area contributed by atoms with Crippen LogP contribution in [0.1, 0.15) is 40.5 Å². The third kappa shape index (κ3) is 4.44. The molecule has 3 aromatic heterocycles. The summed E-state index contributed by atoms with van der Waals surface area (Å²) in [4.78, 5) is 32.9. The zero-order valence-corrected chi connectivity index (χ0v) is 22.8. The van der Waals surface area contributed by atoms with Gasteiger partial charge in [-0.2, -0.15) is 0 Å². The Hall–Kier alpha value is -4.51. The van der Waals surface area contributed by atoms with Gasteiger partial charge < -0.3 is 19.0 Å². The highest BCUT2D eigenvalue weighted by atomic mass is 32.1. The number of aromatic nitrogens is 4. The van der Waals surface area contributed by atoms with Crippen molar-refractivity contribution in [2.24, 2.45) is 0 Å². The Labute approximate surface area is 228 Å². The maximum Gasteiger partial charge on any atom is 0.301 e. The zero-order chi connectivity index (χ0) is 27.8. The summed E-state index contributed by atoms with van der Waals surface area (Å²) < 4.78 is 13.4. The van der Waals surface area contributed by atoms with E-state index < -0.39 is 17.7 Å². The van der Waals surface area contributed by atoms with Gasteiger partial charge in [-0.05, 0) is 57.0 Å². The number of Topliss-reactive ketones (excluding diaryl/α,β-unsaturated/α-hetero) is 1. The summed E-state index contributed by atoms with van der Waals surface area (Å²) in [5.74, 6) is -1.12. The third-order valence-corrected chi connectivity index (χ3v) is 7.25. The molecule has 0 spiro atoms. The normalized spacial score (nSPS) is 16.7. The number of anilines is 1. The minimum absolute atomic E-state index is 0.0979. The van der Waals surface area contributed by atoms with Crippen LogP contribution < -0.4 is 14.4 Å². The van der Waals surface area contributed by atoms with Crippen LogP contribution in [0.15, 0.2) is 54.8 Å². The monoisotopic (exact) mass is 545 g/mol. The van der Waals surface area contributed by atoms with E-state index in [1.807, 2.05) is 36.6 Å². The van der Waals surface area contributed by atoms with Crippen molar-refractivity contribution in [1.29, 1.82) is 0 Å². The fraction of sp³-hybridized carbons (Fsp3) is 0.250. The van der Waals surface area contributed by atoms with Crippen LogP contribution in [-0.2, 0) is 9.59 Å². The molecule has 1 saturated heterocycles. The molecule has 200 valence electrons. The predicted octanol–water partition coefficient (Wildman–Crippen LogP) is 4.70. The van der Waals surface area contributed by atoms with E-state index in [4.69, 9.17) is 9.47 Å². The number of aryl methyl sites for hydroxylation is 3. The standard InChI is InChI=1S/C28H27N5O5S/c1-6-13-38-19-11-10-18(14-20(19)37-7-2)23-21(25(35)27(36)33(23)28-31-30-17(5)39-28)24(34)22-16(4)32-12-8-9-15(3)26(32)29-22/h6,8-12,14,23,34H,1,7,13H2,2-5H3/b24-21+. The molecule has 1 N–H and O–H groups in total. The second-order valence-corrected chi connectivity index (χ2v) is 10.1. The van der Waals surface area contributed by atoms with Crippen molar-refractivity contribution in [2.45, 2.75) is 33.7 Å². The van der Waals surface area contributed by atoms with Gasteiger partial charge in [0.25, 0.3) is 5.78 Å². The molecule has 10 nitrogen and oxygen atoms in total. The van der Waals surface area contributed by atoms with Crippen molar-refractivity contribution < 1.29 is 24.2 Å². The zero-order valence-electron chi connectivity index (χ0n) is 22.0. The van der Waals surface area contributed by atoms with Gasteiger partial charge in [0, 0.05) is 6.20 Å². The number of imidazole rings is 1. The number of hydrogen-bond acceptors (Lipinski definition) is 9. The number of ketones is 1. The molecule has 4 aromatic rings. The summed E-state index contributed by atoms with van der Waals surface area (Å²) in [6.07, 6.45) is 3.45. The van der Waals surface area contributed by atoms with E-state index in [0.29, 0.717) is 40.0 Å². The molecular formula is C28H27N5O5S. The van der Waals surface area contributed by atoms with Gasteiger partial charge in [-0.25, -0.2) is 4.98 Å². The SMILES string of the molecule is C=CCOc1ccc(C2/C(=C(\O)c3nc4c(C)cccn4c3C)C(=O)C(=O)N2c2nnc(C)s2)cc1OCC. The Bertz CT molecular complexity index is 1650. The molecule has 0 aliphatic carbocycles. The molecule has 11 heteroatoms. The lowest BCUT2D eigenvalue weighted by molar-refractivity contribution is -0.132. The van der Waals surface area contributed by atoms with Gasteiger partial charge in [-0.1, -0.05) is 36.1 Å². The van der Waals surface area contributed by atoms with Crippen LogP contribution in [0.3, 0.4) is 0 Å². The maximum absolute atomic E-state index is 13.6. The van der Waals surface area contributed by atoms with Gasteiger partial charge >= 0.3 is 5.91 Å². The first-order valence-electron chi connectivity index (χ1n) is 12.3. The first kappa shape index (κ1) is 26.1. The summed E-state index contributed by atoms with van der Waals surface area (Å²) in [7, 11) is 0. The number of fused-ring (bicyclic) bond motifs is 1. The minimum atomic E-state index is -1.00. The Morgan fingerprint density at radius 2 is 1.95 bits per heavy atom. The van der Waals surface area contributed by atoms with Crippen molar-refractivity contribution in [2.75, 3.05) is 18.1 Å². The minimum Gasteiger partial charge on any atom is -0.505 e. The highest BCUT2D eigenvalue weighted by Crippen LogP contribution is 2.45. The summed E-state index contributed by atoms with van der Waals surface area (Å²) in [5, 5.41) is 20.7. The Balaban J connectivity index is 1.74. The summed E-state index contributed by atoms with van der Waals surface area (Å²) >= 11 is 1.18. The van der Waals surface area contributed by atoms with Crippen LogP contribution in [0.25, 0.3) is 11.4 Å². The topological polar surface area (TPSA) is 119 Å². The number of aliphatic hydroxyl groups excluding tert-OH is 1. The van der Waals surface area contributed by atoms with Gasteiger partial charge in [-0.3, -0.25) is 14.5 Å². The van der Waals surface area contributed by atoms with E-state index in [0.717, 1.165) is 5.56 Å². The molecule has 1 amide bonds. The molecule has 39 heavy (non-hydrogen) atoms. The summed E-state index contributed by atoms with van der Waals surface area (Å²) in [5.41, 5.74) is 2.82. The number of benzene rings is 1. The van der Waals surface area contributed by atoms with Crippen molar-refractivity contribution in [1.82, 2.24) is 19.6 Å². The number of pyridine rings is 1. The molecule has 4 heterocycles. The summed E-state index contributed by atoms with van der Waals surface area (Å²) in [6.45, 7) is 11.6. The van der Waals surface area contributed by atoms with E-state index in [-0.39, 0.29) is 28.8 Å². The molecule has 1 fully saturated rings. The molecule has 1 unspecified atom stereocenters. The molecular weight excluding hydrogens is 518 g/mol. The molecule has 0 saturated carbocycles. The number of rotatable bonds is 8. The van der Waals surface area contributed by atoms with Crippen molar-refractivity contribution in [3.8, 4) is 11.5 Å². The molecule has 0 radical (unpaired) electrons. The Morgan fingerprint density at radius 3 is 2.62 bits per heavy atom. The Kier molecular flexibility index (Phi) is 6.92. The number of amides is 1. The number of ether oxygens (including phenoxy) is 2. The summed E-state index contributed by atoms with van der Waals surface area (Å²) in [6, 6.07) is 7.92. The highest BCUT2D eigenvalue weighted by Gasteiger charge is 2.49. The van der Waals surface area contributed by atoms with Gasteiger partial charge in [-0.15, -0.1) is 10.2 Å². The molecule has 1 atom stereocenters. The first-order chi connectivity index (χ1) is 18.8. The van der Waals surface area contributed by atoms with E-state index in [1.165, 1.54) is 16.2 Å². The van der Waals surface area contributed by atoms with E-state index in [2.05, 4.69) is 21.8 Å². The lowest BCUT2D eigenvalue weighted by Gasteiger charge is -2.23. The number of aliphatic hydroxyl groups is 1. The molecule has 1 aliphatic heterocycles. The lowest BCUT2D eigenvalue weighted by atomic mass is 9.96. The molecule has 1 aromatic carbocycles. The molecule has 0 bridgehead atoms. The molecule has 5 rings (SSSR count). The van der Waals surface area contributed by atoms with E-state index >= 15 is 0 Å². The van der Waals surface area contributed by atoms with Crippen molar-refractivity contribution in [3.63, 3.8) is 0 Å². The number of hydrogen-bond donors (Lipinski definition) is 1. The van der Waals surface area contributed by atoms with Crippen LogP contribution in [0.5, 0.6) is 11.5 Å². The smallest absolute Gasteiger partial charge is 0.301 e. The number of nitrogens with zero attached hydrogens (tertiary/aromatic N) is 5. The number of carbonyl (C=O) groups excluding carboxylic acids is 2.